The van der Waals surface area contributed by atoms with Crippen LogP contribution < -0.4 is 5.32 Å². The molecule has 0 aliphatic heterocycles. The van der Waals surface area contributed by atoms with Crippen LogP contribution in [0.25, 0.3) is 0 Å². The first-order chi connectivity index (χ1) is 7.74. The Kier molecular flexibility index (Phi) is 5.75. The third-order valence-electron chi connectivity index (χ3n) is 2.56. The zero-order valence-corrected chi connectivity index (χ0v) is 10.1. The number of nitrogens with one attached hydrogen (secondary N) is 1. The van der Waals surface area contributed by atoms with E-state index in [1.165, 1.54) is 0 Å². The Balaban J connectivity index is 2.30. The molecule has 0 aliphatic rings. The van der Waals surface area contributed by atoms with Crippen molar-refractivity contribution < 1.29 is 4.79 Å². The van der Waals surface area contributed by atoms with E-state index >= 15 is 0 Å². The van der Waals surface area contributed by atoms with Gasteiger partial charge in [-0.3, -0.25) is 4.79 Å². The summed E-state index contributed by atoms with van der Waals surface area (Å²) in [5, 5.41) is 3.09. The van der Waals surface area contributed by atoms with Crippen LogP contribution in [0.3, 0.4) is 0 Å². The number of ketones is 1. The molecule has 3 heteroatoms. The van der Waals surface area contributed by atoms with Crippen molar-refractivity contribution in [1.82, 2.24) is 10.2 Å². The first kappa shape index (κ1) is 12.9. The predicted molar refractivity (Wildman–Crippen MR) is 66.8 cm³/mol. The second-order valence-corrected chi connectivity index (χ2v) is 3.95. The van der Waals surface area contributed by atoms with Crippen LogP contribution in [0.4, 0.5) is 0 Å². The van der Waals surface area contributed by atoms with Gasteiger partial charge in [0.2, 0.25) is 0 Å². The monoisotopic (exact) mass is 220 g/mol. The van der Waals surface area contributed by atoms with Crippen LogP contribution >= 0.6 is 0 Å². The summed E-state index contributed by atoms with van der Waals surface area (Å²) in [5.74, 6) is 0.219. The summed E-state index contributed by atoms with van der Waals surface area (Å²) in [6.45, 7) is 2.74. The molecule has 16 heavy (non-hydrogen) atoms. The van der Waals surface area contributed by atoms with Crippen molar-refractivity contribution >= 4 is 5.78 Å². The fraction of sp³-hybridized carbons (Fsp3) is 0.462. The quantitative estimate of drug-likeness (QED) is 0.705. The first-order valence-electron chi connectivity index (χ1n) is 5.65. The molecule has 0 amide bonds. The van der Waals surface area contributed by atoms with E-state index in [1.54, 1.807) is 0 Å². The summed E-state index contributed by atoms with van der Waals surface area (Å²) < 4.78 is 0. The minimum Gasteiger partial charge on any atom is -0.318 e. The molecule has 1 N–H and O–H groups in total. The number of carbonyl (C=O) groups excluding carboxylic acids is 1. The maximum absolute atomic E-state index is 11.8. The summed E-state index contributed by atoms with van der Waals surface area (Å²) in [6, 6.07) is 9.47. The van der Waals surface area contributed by atoms with Gasteiger partial charge in [0, 0.05) is 31.6 Å². The number of likely N-dealkylation sites (N-methyl/N-ethyl adjacent to an activating group) is 2. The van der Waals surface area contributed by atoms with Crippen molar-refractivity contribution in [2.75, 3.05) is 33.7 Å². The van der Waals surface area contributed by atoms with Gasteiger partial charge >= 0.3 is 0 Å². The van der Waals surface area contributed by atoms with E-state index in [4.69, 9.17) is 0 Å². The number of Topliss-reactive ketones (excluding diaryl/α,β-unsaturated/α-hetero) is 1. The highest BCUT2D eigenvalue weighted by atomic mass is 16.1. The first-order valence-corrected chi connectivity index (χ1v) is 5.65. The molecule has 0 aromatic heterocycles. The molecule has 0 unspecified atom stereocenters. The molecular weight excluding hydrogens is 200 g/mol. The number of nitrogens with zero attached hydrogens (tertiary/aromatic N) is 1. The van der Waals surface area contributed by atoms with E-state index in [1.807, 2.05) is 44.4 Å². The molecular formula is C13H20N2O. The van der Waals surface area contributed by atoms with E-state index in [-0.39, 0.29) is 5.78 Å². The summed E-state index contributed by atoms with van der Waals surface area (Å²) in [7, 11) is 3.97. The van der Waals surface area contributed by atoms with Crippen molar-refractivity contribution in [2.45, 2.75) is 6.42 Å². The van der Waals surface area contributed by atoms with E-state index in [2.05, 4.69) is 10.2 Å². The number of hydrogen-bond acceptors (Lipinski definition) is 3. The lowest BCUT2D eigenvalue weighted by Gasteiger charge is -2.15. The number of hydrogen-bond donors (Lipinski definition) is 1. The third kappa shape index (κ3) is 4.55. The summed E-state index contributed by atoms with van der Waals surface area (Å²) in [5.41, 5.74) is 0.810. The summed E-state index contributed by atoms with van der Waals surface area (Å²) >= 11 is 0. The average Bonchev–Trinajstić information content (AvgIpc) is 2.34. The SMILES string of the molecule is CNCCN(C)CCC(=O)c1ccccc1. The lowest BCUT2D eigenvalue weighted by Crippen LogP contribution is -2.29. The maximum Gasteiger partial charge on any atom is 0.164 e. The summed E-state index contributed by atoms with van der Waals surface area (Å²) in [4.78, 5) is 13.9. The van der Waals surface area contributed by atoms with Crippen LogP contribution in [-0.4, -0.2) is 44.4 Å². The van der Waals surface area contributed by atoms with Gasteiger partial charge in [0.25, 0.3) is 0 Å². The molecule has 0 spiro atoms. The lowest BCUT2D eigenvalue weighted by atomic mass is 10.1. The Morgan fingerprint density at radius 2 is 1.94 bits per heavy atom. The highest BCUT2D eigenvalue weighted by molar-refractivity contribution is 5.96. The molecule has 3 nitrogen and oxygen atoms in total. The number of rotatable bonds is 7. The van der Waals surface area contributed by atoms with E-state index < -0.39 is 0 Å². The van der Waals surface area contributed by atoms with Gasteiger partial charge in [-0.15, -0.1) is 0 Å². The maximum atomic E-state index is 11.8. The highest BCUT2D eigenvalue weighted by Crippen LogP contribution is 2.03. The number of carbonyl (C=O) groups is 1. The molecule has 1 aromatic rings. The normalized spacial score (nSPS) is 10.7. The minimum atomic E-state index is 0.219. The number of benzene rings is 1. The summed E-state index contributed by atoms with van der Waals surface area (Å²) in [6.07, 6.45) is 0.588. The van der Waals surface area contributed by atoms with Gasteiger partial charge in [0.15, 0.2) is 5.78 Å². The molecule has 88 valence electrons. The smallest absolute Gasteiger partial charge is 0.164 e. The molecule has 1 aromatic carbocycles. The highest BCUT2D eigenvalue weighted by Gasteiger charge is 2.06. The Morgan fingerprint density at radius 1 is 1.25 bits per heavy atom. The van der Waals surface area contributed by atoms with Crippen LogP contribution in [0.1, 0.15) is 16.8 Å². The van der Waals surface area contributed by atoms with E-state index in [0.717, 1.165) is 25.2 Å². The standard InChI is InChI=1S/C13H20N2O/c1-14-9-11-15(2)10-8-13(16)12-6-4-3-5-7-12/h3-7,14H,8-11H2,1-2H3. The molecule has 0 atom stereocenters. The molecule has 0 saturated carbocycles. The van der Waals surface area contributed by atoms with E-state index in [0.29, 0.717) is 6.42 Å². The van der Waals surface area contributed by atoms with Gasteiger partial charge in [0.05, 0.1) is 0 Å². The molecule has 1 rings (SSSR count). The van der Waals surface area contributed by atoms with Crippen molar-refractivity contribution in [1.29, 1.82) is 0 Å². The average molecular weight is 220 g/mol. The molecule has 0 fully saturated rings. The van der Waals surface area contributed by atoms with E-state index in [9.17, 15) is 4.79 Å². The largest absolute Gasteiger partial charge is 0.318 e. The van der Waals surface area contributed by atoms with Crippen molar-refractivity contribution in [3.63, 3.8) is 0 Å². The van der Waals surface area contributed by atoms with Crippen LogP contribution in [0.5, 0.6) is 0 Å². The van der Waals surface area contributed by atoms with Gasteiger partial charge in [-0.25, -0.2) is 0 Å². The Labute approximate surface area is 97.5 Å². The zero-order valence-electron chi connectivity index (χ0n) is 10.1. The van der Waals surface area contributed by atoms with Crippen LogP contribution in [0.2, 0.25) is 0 Å². The van der Waals surface area contributed by atoms with Crippen LogP contribution in [0, 0.1) is 0 Å². The van der Waals surface area contributed by atoms with Gasteiger partial charge in [-0.05, 0) is 14.1 Å². The fourth-order valence-corrected chi connectivity index (χ4v) is 1.48. The third-order valence-corrected chi connectivity index (χ3v) is 2.56. The Morgan fingerprint density at radius 3 is 2.56 bits per heavy atom. The minimum absolute atomic E-state index is 0.219. The van der Waals surface area contributed by atoms with Crippen molar-refractivity contribution in [2.24, 2.45) is 0 Å². The van der Waals surface area contributed by atoms with Gasteiger partial charge in [-0.1, -0.05) is 30.3 Å². The Bertz CT molecular complexity index is 311. The molecule has 0 saturated heterocycles. The molecule has 0 bridgehead atoms. The van der Waals surface area contributed by atoms with Crippen molar-refractivity contribution in [3.05, 3.63) is 35.9 Å². The lowest BCUT2D eigenvalue weighted by molar-refractivity contribution is 0.0969. The zero-order chi connectivity index (χ0) is 11.8. The molecule has 0 aliphatic carbocycles. The van der Waals surface area contributed by atoms with Crippen molar-refractivity contribution in [3.8, 4) is 0 Å². The second kappa shape index (κ2) is 7.14. The topological polar surface area (TPSA) is 32.3 Å². The molecule has 0 heterocycles. The van der Waals surface area contributed by atoms with Crippen LogP contribution in [-0.2, 0) is 0 Å². The molecule has 0 radical (unpaired) electrons. The van der Waals surface area contributed by atoms with Gasteiger partial charge < -0.3 is 10.2 Å². The van der Waals surface area contributed by atoms with Crippen LogP contribution in [0.15, 0.2) is 30.3 Å². The second-order valence-electron chi connectivity index (χ2n) is 3.95. The van der Waals surface area contributed by atoms with Gasteiger partial charge in [0.1, 0.15) is 0 Å². The fourth-order valence-electron chi connectivity index (χ4n) is 1.48. The Hall–Kier alpha value is -1.19. The predicted octanol–water partition coefficient (Wildman–Crippen LogP) is 1.41. The van der Waals surface area contributed by atoms with Gasteiger partial charge in [-0.2, -0.15) is 0 Å².